The van der Waals surface area contributed by atoms with Gasteiger partial charge in [-0.2, -0.15) is 0 Å². The summed E-state index contributed by atoms with van der Waals surface area (Å²) >= 11 is 1.49. The van der Waals surface area contributed by atoms with Gasteiger partial charge in [-0.3, -0.25) is 0 Å². The lowest BCUT2D eigenvalue weighted by Crippen LogP contribution is -1.25. The molecule has 0 aliphatic rings. The lowest BCUT2D eigenvalue weighted by Gasteiger charge is -1.65. The summed E-state index contributed by atoms with van der Waals surface area (Å²) in [5, 5.41) is 3.46. The Balaban J connectivity index is -0.0000000201. The third-order valence-electron chi connectivity index (χ3n) is 0.192. The Morgan fingerprint density at radius 3 is 0.750 bits per heavy atom. The van der Waals surface area contributed by atoms with E-state index in [1.54, 1.807) is 16.9 Å². The first kappa shape index (κ1) is 36.1. The van der Waals surface area contributed by atoms with Crippen LogP contribution < -0.4 is 0 Å². The van der Waals surface area contributed by atoms with Gasteiger partial charge in [-0.15, -0.1) is 18.3 Å². The van der Waals surface area contributed by atoms with Crippen molar-refractivity contribution in [2.24, 2.45) is 0 Å². The second kappa shape index (κ2) is 211. The first-order chi connectivity index (χ1) is 7.83. The van der Waals surface area contributed by atoms with E-state index in [-0.39, 0.29) is 0 Å². The summed E-state index contributed by atoms with van der Waals surface area (Å²) in [5.41, 5.74) is 0. The monoisotopic (exact) mass is 248 g/mol. The summed E-state index contributed by atoms with van der Waals surface area (Å²) < 4.78 is 0. The van der Waals surface area contributed by atoms with Gasteiger partial charge in [0, 0.05) is 0 Å². The minimum Gasteiger partial charge on any atom is -0.107 e. The van der Waals surface area contributed by atoms with Gasteiger partial charge in [0.2, 0.25) is 0 Å². The van der Waals surface area contributed by atoms with Crippen LogP contribution in [0.2, 0.25) is 0 Å². The number of rotatable bonds is 2. The molecule has 0 saturated carbocycles. The van der Waals surface area contributed by atoms with Crippen LogP contribution in [0.4, 0.5) is 0 Å². The van der Waals surface area contributed by atoms with Gasteiger partial charge in [-0.05, 0) is 17.7 Å². The molecular weight excluding hydrogens is 212 g/mol. The van der Waals surface area contributed by atoms with Crippen LogP contribution in [0.5, 0.6) is 0 Å². The molecule has 102 valence electrons. The zero-order chi connectivity index (χ0) is 14.8. The molecule has 0 heterocycles. The van der Waals surface area contributed by atoms with E-state index in [9.17, 15) is 0 Å². The van der Waals surface area contributed by atoms with E-state index in [4.69, 9.17) is 0 Å². The quantitative estimate of drug-likeness (QED) is 0.462. The summed E-state index contributed by atoms with van der Waals surface area (Å²) in [6, 6.07) is 0. The standard InChI is InChI=1S/C4H6S.C3H6.4C2H6/c1-3-5-4-2;1-3-2;4*1-2/h3-4H,1-2H2;3H,1H2,2H3;4*1-2H3. The van der Waals surface area contributed by atoms with Crippen LogP contribution >= 0.6 is 11.8 Å². The Labute approximate surface area is 111 Å². The second-order valence-electron chi connectivity index (χ2n) is 0.878. The topological polar surface area (TPSA) is 0 Å². The van der Waals surface area contributed by atoms with Crippen LogP contribution in [0.15, 0.2) is 36.6 Å². The van der Waals surface area contributed by atoms with Crippen molar-refractivity contribution in [2.75, 3.05) is 0 Å². The molecule has 0 aromatic rings. The molecule has 0 aromatic carbocycles. The van der Waals surface area contributed by atoms with E-state index in [0.717, 1.165) is 0 Å². The van der Waals surface area contributed by atoms with Crippen molar-refractivity contribution in [1.82, 2.24) is 0 Å². The molecule has 0 radical (unpaired) electrons. The van der Waals surface area contributed by atoms with Crippen molar-refractivity contribution in [3.63, 3.8) is 0 Å². The maximum absolute atomic E-state index is 3.44. The van der Waals surface area contributed by atoms with E-state index in [1.165, 1.54) is 11.8 Å². The van der Waals surface area contributed by atoms with E-state index < -0.39 is 0 Å². The fourth-order valence-electron chi connectivity index (χ4n) is 0.0680. The van der Waals surface area contributed by atoms with E-state index >= 15 is 0 Å². The van der Waals surface area contributed by atoms with Crippen LogP contribution in [-0.2, 0) is 0 Å². The maximum atomic E-state index is 3.44. The van der Waals surface area contributed by atoms with E-state index in [1.807, 2.05) is 62.3 Å². The minimum atomic E-state index is 1.49. The molecule has 1 heteroatoms. The lowest BCUT2D eigenvalue weighted by atomic mass is 10.8. The van der Waals surface area contributed by atoms with Crippen LogP contribution in [-0.4, -0.2) is 0 Å². The Bertz CT molecular complexity index is 59.8. The molecule has 0 nitrogen and oxygen atoms in total. The van der Waals surface area contributed by atoms with Gasteiger partial charge >= 0.3 is 0 Å². The molecule has 0 rings (SSSR count). The molecular formula is C15H36S. The average molecular weight is 249 g/mol. The normalized spacial score (nSPS) is 4.31. The van der Waals surface area contributed by atoms with Crippen LogP contribution in [0.1, 0.15) is 62.3 Å². The van der Waals surface area contributed by atoms with Crippen molar-refractivity contribution in [2.45, 2.75) is 62.3 Å². The molecule has 0 bridgehead atoms. The Morgan fingerprint density at radius 1 is 0.625 bits per heavy atom. The number of allylic oxidation sites excluding steroid dienone is 1. The Kier molecular flexibility index (Phi) is 475. The molecule has 16 heavy (non-hydrogen) atoms. The zero-order valence-electron chi connectivity index (χ0n) is 13.3. The highest BCUT2D eigenvalue weighted by Gasteiger charge is 1.52. The molecule has 0 unspecified atom stereocenters. The summed E-state index contributed by atoms with van der Waals surface area (Å²) in [4.78, 5) is 0. The zero-order valence-corrected chi connectivity index (χ0v) is 14.1. The molecule has 0 amide bonds. The molecule has 0 fully saturated rings. The van der Waals surface area contributed by atoms with Crippen molar-refractivity contribution in [3.8, 4) is 0 Å². The first-order valence-electron chi connectivity index (χ1n) is 6.27. The molecule has 0 saturated heterocycles. The van der Waals surface area contributed by atoms with Crippen LogP contribution in [0.3, 0.4) is 0 Å². The summed E-state index contributed by atoms with van der Waals surface area (Å²) in [6.07, 6.45) is 1.75. The van der Waals surface area contributed by atoms with Gasteiger partial charge in [0.25, 0.3) is 0 Å². The predicted molar refractivity (Wildman–Crippen MR) is 89.2 cm³/mol. The fraction of sp³-hybridized carbons (Fsp3) is 0.600. The molecule has 0 spiro atoms. The average Bonchev–Trinajstić information content (AvgIpc) is 2.41. The number of hydrogen-bond donors (Lipinski definition) is 0. The Hall–Kier alpha value is -0.430. The minimum absolute atomic E-state index is 1.49. The van der Waals surface area contributed by atoms with Crippen molar-refractivity contribution >= 4 is 11.8 Å². The van der Waals surface area contributed by atoms with Crippen molar-refractivity contribution < 1.29 is 0 Å². The lowest BCUT2D eigenvalue weighted by molar-refractivity contribution is 1.50. The summed E-state index contributed by atoms with van der Waals surface area (Å²) in [6.45, 7) is 28.1. The van der Waals surface area contributed by atoms with Gasteiger partial charge in [0.15, 0.2) is 0 Å². The van der Waals surface area contributed by atoms with Gasteiger partial charge in [0.1, 0.15) is 0 Å². The highest BCUT2D eigenvalue weighted by atomic mass is 32.2. The van der Waals surface area contributed by atoms with Gasteiger partial charge < -0.3 is 0 Å². The van der Waals surface area contributed by atoms with Crippen LogP contribution in [0, 0.1) is 0 Å². The van der Waals surface area contributed by atoms with Crippen molar-refractivity contribution in [1.29, 1.82) is 0 Å². The molecule has 0 N–H and O–H groups in total. The van der Waals surface area contributed by atoms with Crippen molar-refractivity contribution in [3.05, 3.63) is 36.6 Å². The molecule has 0 atom stereocenters. The second-order valence-corrected chi connectivity index (χ2v) is 1.82. The summed E-state index contributed by atoms with van der Waals surface area (Å²) in [7, 11) is 0. The number of hydrogen-bond acceptors (Lipinski definition) is 1. The highest BCUT2D eigenvalue weighted by Crippen LogP contribution is 1.96. The third kappa shape index (κ3) is 870. The first-order valence-corrected chi connectivity index (χ1v) is 7.22. The van der Waals surface area contributed by atoms with Gasteiger partial charge in [-0.1, -0.05) is 74.6 Å². The Morgan fingerprint density at radius 2 is 0.750 bits per heavy atom. The summed E-state index contributed by atoms with van der Waals surface area (Å²) in [5.74, 6) is 0. The van der Waals surface area contributed by atoms with E-state index in [2.05, 4.69) is 19.7 Å². The maximum Gasteiger partial charge on any atom is -0.0320 e. The van der Waals surface area contributed by atoms with E-state index in [0.29, 0.717) is 0 Å². The third-order valence-corrected chi connectivity index (χ3v) is 0.577. The fourth-order valence-corrected chi connectivity index (χ4v) is 0.204. The number of thioether (sulfide) groups is 1. The molecule has 0 aromatic heterocycles. The molecule has 0 aliphatic heterocycles. The molecule has 0 aliphatic carbocycles. The van der Waals surface area contributed by atoms with Gasteiger partial charge in [0.05, 0.1) is 0 Å². The van der Waals surface area contributed by atoms with Crippen LogP contribution in [0.25, 0.3) is 0 Å². The largest absolute Gasteiger partial charge is 0.107 e. The smallest absolute Gasteiger partial charge is 0.0320 e. The van der Waals surface area contributed by atoms with Gasteiger partial charge in [-0.25, -0.2) is 0 Å². The SMILES string of the molecule is C=CC.C=CSC=C.CC.CC.CC.CC. The highest BCUT2D eigenvalue weighted by molar-refractivity contribution is 8.04. The predicted octanol–water partition coefficient (Wildman–Crippen LogP) is 7.30.